The summed E-state index contributed by atoms with van der Waals surface area (Å²) in [5.74, 6) is 0.719. The minimum Gasteiger partial charge on any atom is -0.394 e. The van der Waals surface area contributed by atoms with Gasteiger partial charge in [-0.1, -0.05) is 6.92 Å². The molecule has 0 unspecified atom stereocenters. The normalized spacial score (nSPS) is 11.9. The van der Waals surface area contributed by atoms with Crippen molar-refractivity contribution >= 4 is 33.3 Å². The molecule has 0 saturated carbocycles. The van der Waals surface area contributed by atoms with E-state index in [0.29, 0.717) is 12.2 Å². The molecule has 0 saturated heterocycles. The minimum absolute atomic E-state index is 0.174. The number of aromatic nitrogens is 2. The molecule has 0 fully saturated rings. The molecule has 2 aromatic rings. The molecule has 2 rings (SSSR count). The maximum absolute atomic E-state index is 9.44. The summed E-state index contributed by atoms with van der Waals surface area (Å²) in [5.41, 5.74) is 4.85. The van der Waals surface area contributed by atoms with Gasteiger partial charge in [0.05, 0.1) is 24.1 Å². The lowest BCUT2D eigenvalue weighted by Gasteiger charge is -2.30. The van der Waals surface area contributed by atoms with Gasteiger partial charge in [-0.3, -0.25) is 0 Å². The maximum Gasteiger partial charge on any atom is 0.223 e. The average Bonchev–Trinajstić information content (AvgIpc) is 2.84. The molecule has 0 radical (unpaired) electrons. The number of nitrogen functional groups attached to an aromatic ring is 1. The first-order valence-corrected chi connectivity index (χ1v) is 6.52. The first kappa shape index (κ1) is 13.0. The highest BCUT2D eigenvalue weighted by Gasteiger charge is 2.27. The number of aliphatic hydroxyl groups excluding tert-OH is 2. The van der Waals surface area contributed by atoms with Crippen molar-refractivity contribution in [2.45, 2.75) is 18.9 Å². The lowest BCUT2D eigenvalue weighted by Crippen LogP contribution is -2.45. The van der Waals surface area contributed by atoms with Crippen LogP contribution >= 0.6 is 11.3 Å². The highest BCUT2D eigenvalue weighted by Crippen LogP contribution is 2.28. The van der Waals surface area contributed by atoms with E-state index in [1.807, 2.05) is 18.4 Å². The summed E-state index contributed by atoms with van der Waals surface area (Å²) >= 11 is 1.47. The van der Waals surface area contributed by atoms with Gasteiger partial charge in [0.25, 0.3) is 0 Å². The molecule has 2 aromatic heterocycles. The van der Waals surface area contributed by atoms with Crippen LogP contribution in [0.4, 0.5) is 11.8 Å². The number of nitrogens with two attached hydrogens (primary N) is 1. The topological polar surface area (TPSA) is 104 Å². The van der Waals surface area contributed by atoms with Crippen molar-refractivity contribution < 1.29 is 10.2 Å². The standard InChI is InChI=1S/C11H16N4O2S/c1-2-11(5-16,6-17)15-8-7-3-4-18-9(7)14-10(12)13-8/h3-4,16-17H,2,5-6H2,1H3,(H3,12,13,14,15). The van der Waals surface area contributed by atoms with E-state index in [2.05, 4.69) is 15.3 Å². The maximum atomic E-state index is 9.44. The quantitative estimate of drug-likeness (QED) is 0.640. The molecule has 6 nitrogen and oxygen atoms in total. The van der Waals surface area contributed by atoms with Crippen LogP contribution in [0.3, 0.4) is 0 Å². The van der Waals surface area contributed by atoms with E-state index in [0.717, 1.165) is 10.2 Å². The van der Waals surface area contributed by atoms with E-state index in [9.17, 15) is 10.2 Å². The molecule has 18 heavy (non-hydrogen) atoms. The van der Waals surface area contributed by atoms with Crippen LogP contribution in [0, 0.1) is 0 Å². The van der Waals surface area contributed by atoms with Gasteiger partial charge in [-0.15, -0.1) is 11.3 Å². The summed E-state index contributed by atoms with van der Waals surface area (Å²) < 4.78 is 0. The number of rotatable bonds is 5. The number of thiophene rings is 1. The summed E-state index contributed by atoms with van der Waals surface area (Å²) in [7, 11) is 0. The summed E-state index contributed by atoms with van der Waals surface area (Å²) in [5, 5.41) is 24.7. The van der Waals surface area contributed by atoms with Gasteiger partial charge in [0.1, 0.15) is 10.6 Å². The number of nitrogens with zero attached hydrogens (tertiary/aromatic N) is 2. The summed E-state index contributed by atoms with van der Waals surface area (Å²) in [4.78, 5) is 9.05. The Hall–Kier alpha value is -1.44. The first-order valence-electron chi connectivity index (χ1n) is 5.65. The Labute approximate surface area is 108 Å². The smallest absolute Gasteiger partial charge is 0.223 e. The SMILES string of the molecule is CCC(CO)(CO)Nc1nc(N)nc2sccc12. The van der Waals surface area contributed by atoms with Crippen LogP contribution in [0.5, 0.6) is 0 Å². The van der Waals surface area contributed by atoms with Crippen molar-refractivity contribution in [3.8, 4) is 0 Å². The van der Waals surface area contributed by atoms with E-state index in [4.69, 9.17) is 5.73 Å². The molecule has 0 spiro atoms. The fraction of sp³-hybridized carbons (Fsp3) is 0.455. The lowest BCUT2D eigenvalue weighted by atomic mass is 9.98. The molecule has 0 bridgehead atoms. The fourth-order valence-electron chi connectivity index (χ4n) is 1.66. The van der Waals surface area contributed by atoms with E-state index in [1.54, 1.807) is 0 Å². The molecular formula is C11H16N4O2S. The van der Waals surface area contributed by atoms with Gasteiger partial charge >= 0.3 is 0 Å². The number of hydrogen-bond acceptors (Lipinski definition) is 7. The van der Waals surface area contributed by atoms with Crippen molar-refractivity contribution in [3.05, 3.63) is 11.4 Å². The third kappa shape index (κ3) is 2.24. The van der Waals surface area contributed by atoms with Crippen LogP contribution in [0.15, 0.2) is 11.4 Å². The van der Waals surface area contributed by atoms with Crippen LogP contribution in [0.2, 0.25) is 0 Å². The largest absolute Gasteiger partial charge is 0.394 e. The van der Waals surface area contributed by atoms with Crippen LogP contribution in [-0.2, 0) is 0 Å². The van der Waals surface area contributed by atoms with Gasteiger partial charge in [-0.2, -0.15) is 4.98 Å². The third-order valence-electron chi connectivity index (χ3n) is 3.01. The molecule has 2 heterocycles. The molecular weight excluding hydrogens is 252 g/mol. The van der Waals surface area contributed by atoms with Crippen molar-refractivity contribution in [1.82, 2.24) is 9.97 Å². The van der Waals surface area contributed by atoms with Gasteiger partial charge in [0, 0.05) is 0 Å². The van der Waals surface area contributed by atoms with Gasteiger partial charge in [0.15, 0.2) is 0 Å². The number of hydrogen-bond donors (Lipinski definition) is 4. The average molecular weight is 268 g/mol. The molecule has 7 heteroatoms. The van der Waals surface area contributed by atoms with E-state index in [1.165, 1.54) is 11.3 Å². The Morgan fingerprint density at radius 1 is 1.39 bits per heavy atom. The van der Waals surface area contributed by atoms with E-state index < -0.39 is 5.54 Å². The second-order valence-corrected chi connectivity index (χ2v) is 5.04. The lowest BCUT2D eigenvalue weighted by molar-refractivity contribution is 0.132. The van der Waals surface area contributed by atoms with Gasteiger partial charge in [0.2, 0.25) is 5.95 Å². The molecule has 0 aromatic carbocycles. The van der Waals surface area contributed by atoms with Crippen molar-refractivity contribution in [3.63, 3.8) is 0 Å². The van der Waals surface area contributed by atoms with Crippen LogP contribution in [-0.4, -0.2) is 38.9 Å². The van der Waals surface area contributed by atoms with Crippen LogP contribution < -0.4 is 11.1 Å². The number of anilines is 2. The number of aliphatic hydroxyl groups is 2. The fourth-order valence-corrected chi connectivity index (χ4v) is 2.43. The molecule has 0 aliphatic heterocycles. The Kier molecular flexibility index (Phi) is 3.65. The highest BCUT2D eigenvalue weighted by molar-refractivity contribution is 7.16. The van der Waals surface area contributed by atoms with Crippen LogP contribution in [0.1, 0.15) is 13.3 Å². The Bertz CT molecular complexity index is 531. The molecule has 0 amide bonds. The van der Waals surface area contributed by atoms with Gasteiger partial charge in [-0.05, 0) is 17.9 Å². The van der Waals surface area contributed by atoms with Gasteiger partial charge in [-0.25, -0.2) is 4.98 Å². The molecule has 98 valence electrons. The Morgan fingerprint density at radius 2 is 2.11 bits per heavy atom. The molecule has 0 atom stereocenters. The molecule has 0 aliphatic rings. The molecule has 5 N–H and O–H groups in total. The predicted octanol–water partition coefficient (Wildman–Crippen LogP) is 0.819. The minimum atomic E-state index is -0.796. The second-order valence-electron chi connectivity index (χ2n) is 4.14. The van der Waals surface area contributed by atoms with E-state index in [-0.39, 0.29) is 19.2 Å². The van der Waals surface area contributed by atoms with Crippen molar-refractivity contribution in [2.75, 3.05) is 24.3 Å². The van der Waals surface area contributed by atoms with Gasteiger partial charge < -0.3 is 21.3 Å². The van der Waals surface area contributed by atoms with Crippen molar-refractivity contribution in [1.29, 1.82) is 0 Å². The summed E-state index contributed by atoms with van der Waals surface area (Å²) in [6.07, 6.45) is 0.565. The first-order chi connectivity index (χ1) is 8.64. The summed E-state index contributed by atoms with van der Waals surface area (Å²) in [6, 6.07) is 1.89. The number of fused-ring (bicyclic) bond motifs is 1. The van der Waals surface area contributed by atoms with Crippen LogP contribution in [0.25, 0.3) is 10.2 Å². The van der Waals surface area contributed by atoms with E-state index >= 15 is 0 Å². The highest BCUT2D eigenvalue weighted by atomic mass is 32.1. The zero-order valence-electron chi connectivity index (χ0n) is 10.1. The Morgan fingerprint density at radius 3 is 2.72 bits per heavy atom. The van der Waals surface area contributed by atoms with Crippen molar-refractivity contribution in [2.24, 2.45) is 0 Å². The summed E-state index contributed by atoms with van der Waals surface area (Å²) in [6.45, 7) is 1.51. The zero-order valence-corrected chi connectivity index (χ0v) is 10.9. The monoisotopic (exact) mass is 268 g/mol. The third-order valence-corrected chi connectivity index (χ3v) is 3.81. The number of nitrogens with one attached hydrogen (secondary N) is 1. The zero-order chi connectivity index (χ0) is 13.2. The second kappa shape index (κ2) is 5.05. The predicted molar refractivity (Wildman–Crippen MR) is 72.6 cm³/mol. The molecule has 0 aliphatic carbocycles. The Balaban J connectivity index is 2.44.